The zero-order valence-corrected chi connectivity index (χ0v) is 16.6. The highest BCUT2D eigenvalue weighted by atomic mass is 35.5. The third-order valence-electron chi connectivity index (χ3n) is 4.44. The van der Waals surface area contributed by atoms with Crippen LogP contribution in [0.25, 0.3) is 0 Å². The summed E-state index contributed by atoms with van der Waals surface area (Å²) in [6.45, 7) is 0.592. The summed E-state index contributed by atoms with van der Waals surface area (Å²) >= 11 is 11.7. The smallest absolute Gasteiger partial charge is 0.255 e. The van der Waals surface area contributed by atoms with E-state index in [4.69, 9.17) is 23.2 Å². The van der Waals surface area contributed by atoms with Crippen LogP contribution in [-0.4, -0.2) is 42.9 Å². The van der Waals surface area contributed by atoms with Crippen LogP contribution in [-0.2, 0) is 10.0 Å². The van der Waals surface area contributed by atoms with Crippen molar-refractivity contribution in [1.29, 1.82) is 0 Å². The van der Waals surface area contributed by atoms with E-state index in [2.05, 4.69) is 5.32 Å². The highest BCUT2D eigenvalue weighted by molar-refractivity contribution is 7.89. The Kier molecular flexibility index (Phi) is 5.95. The van der Waals surface area contributed by atoms with Gasteiger partial charge in [0.25, 0.3) is 5.91 Å². The number of nitrogens with one attached hydrogen (secondary N) is 1. The lowest BCUT2D eigenvalue weighted by atomic mass is 10.1. The molecular weight excluding hydrogens is 411 g/mol. The predicted molar refractivity (Wildman–Crippen MR) is 104 cm³/mol. The summed E-state index contributed by atoms with van der Waals surface area (Å²) < 4.78 is 26.7. The molecule has 27 heavy (non-hydrogen) atoms. The largest absolute Gasteiger partial charge is 0.506 e. The van der Waals surface area contributed by atoms with Crippen molar-refractivity contribution in [1.82, 2.24) is 9.62 Å². The summed E-state index contributed by atoms with van der Waals surface area (Å²) in [6, 6.07) is 10.7. The fourth-order valence-corrected chi connectivity index (χ4v) is 4.97. The van der Waals surface area contributed by atoms with Crippen LogP contribution in [0.15, 0.2) is 47.4 Å². The van der Waals surface area contributed by atoms with Gasteiger partial charge in [0, 0.05) is 24.2 Å². The molecular formula is C18H18Cl2N2O4S. The maximum atomic E-state index is 12.6. The van der Waals surface area contributed by atoms with E-state index >= 15 is 0 Å². The highest BCUT2D eigenvalue weighted by Gasteiger charge is 2.30. The van der Waals surface area contributed by atoms with Crippen LogP contribution in [0.2, 0.25) is 10.0 Å². The van der Waals surface area contributed by atoms with E-state index in [1.807, 2.05) is 0 Å². The third-order valence-corrected chi connectivity index (χ3v) is 6.86. The molecule has 144 valence electrons. The third kappa shape index (κ3) is 4.38. The van der Waals surface area contributed by atoms with Crippen molar-refractivity contribution in [2.24, 2.45) is 0 Å². The van der Waals surface area contributed by atoms with Crippen LogP contribution in [0.3, 0.4) is 0 Å². The van der Waals surface area contributed by atoms with Gasteiger partial charge in [0.05, 0.1) is 15.5 Å². The predicted octanol–water partition coefficient (Wildman–Crippen LogP) is 3.28. The monoisotopic (exact) mass is 428 g/mol. The number of nitrogens with zero attached hydrogens (tertiary/aromatic N) is 1. The van der Waals surface area contributed by atoms with Gasteiger partial charge in [-0.05, 0) is 37.1 Å². The van der Waals surface area contributed by atoms with Crippen LogP contribution in [0, 0.1) is 0 Å². The summed E-state index contributed by atoms with van der Waals surface area (Å²) in [5, 5.41) is 13.0. The van der Waals surface area contributed by atoms with Crippen LogP contribution in [0.4, 0.5) is 0 Å². The van der Waals surface area contributed by atoms with Gasteiger partial charge in [0.2, 0.25) is 10.0 Å². The van der Waals surface area contributed by atoms with Crippen LogP contribution < -0.4 is 5.32 Å². The molecule has 1 aliphatic rings. The van der Waals surface area contributed by atoms with E-state index in [0.29, 0.717) is 25.9 Å². The fraction of sp³-hybridized carbons (Fsp3) is 0.278. The second-order valence-electron chi connectivity index (χ2n) is 6.25. The topological polar surface area (TPSA) is 86.7 Å². The molecule has 6 nitrogen and oxygen atoms in total. The van der Waals surface area contributed by atoms with Gasteiger partial charge in [-0.1, -0.05) is 41.4 Å². The van der Waals surface area contributed by atoms with E-state index in [0.717, 1.165) is 0 Å². The number of aromatic hydroxyl groups is 1. The van der Waals surface area contributed by atoms with E-state index < -0.39 is 15.9 Å². The van der Waals surface area contributed by atoms with Crippen molar-refractivity contribution in [3.05, 3.63) is 58.1 Å². The minimum absolute atomic E-state index is 0.00331. The first-order chi connectivity index (χ1) is 12.8. The first-order valence-corrected chi connectivity index (χ1v) is 10.5. The molecule has 2 aromatic carbocycles. The number of carbonyl (C=O) groups excluding carboxylic acids is 1. The van der Waals surface area contributed by atoms with Crippen molar-refractivity contribution in [2.45, 2.75) is 23.8 Å². The van der Waals surface area contributed by atoms with E-state index in [1.165, 1.54) is 16.4 Å². The number of benzene rings is 2. The molecule has 1 aliphatic heterocycles. The maximum absolute atomic E-state index is 12.6. The molecule has 3 rings (SSSR count). The molecule has 1 amide bonds. The number of hydrogen-bond acceptors (Lipinski definition) is 4. The zero-order chi connectivity index (χ0) is 19.6. The molecule has 0 unspecified atom stereocenters. The molecule has 2 aromatic rings. The summed E-state index contributed by atoms with van der Waals surface area (Å²) in [5.41, 5.74) is -0.00756. The average Bonchev–Trinajstić information content (AvgIpc) is 2.65. The van der Waals surface area contributed by atoms with Crippen molar-refractivity contribution >= 4 is 39.1 Å². The minimum Gasteiger partial charge on any atom is -0.506 e. The summed E-state index contributed by atoms with van der Waals surface area (Å²) in [4.78, 5) is 12.7. The standard InChI is InChI=1S/C18H18Cl2N2O4S/c19-12-10-15(17(23)16(20)11-12)18(24)21-13-6-8-22(9-7-13)27(25,26)14-4-2-1-3-5-14/h1-5,10-11,13,23H,6-9H2,(H,21,24). The Morgan fingerprint density at radius 2 is 1.74 bits per heavy atom. The first-order valence-electron chi connectivity index (χ1n) is 8.33. The van der Waals surface area contributed by atoms with Crippen LogP contribution in [0.1, 0.15) is 23.2 Å². The second kappa shape index (κ2) is 8.06. The normalized spacial score (nSPS) is 16.2. The number of rotatable bonds is 4. The molecule has 9 heteroatoms. The van der Waals surface area contributed by atoms with E-state index in [1.54, 1.807) is 30.3 Å². The Morgan fingerprint density at radius 3 is 2.37 bits per heavy atom. The zero-order valence-electron chi connectivity index (χ0n) is 14.2. The van der Waals surface area contributed by atoms with Gasteiger partial charge in [-0.25, -0.2) is 8.42 Å². The van der Waals surface area contributed by atoms with Gasteiger partial charge in [-0.2, -0.15) is 4.31 Å². The number of carbonyl (C=O) groups is 1. The molecule has 0 saturated carbocycles. The Labute approximate surface area is 167 Å². The minimum atomic E-state index is -3.54. The Balaban J connectivity index is 1.64. The van der Waals surface area contributed by atoms with E-state index in [-0.39, 0.29) is 32.3 Å². The molecule has 1 saturated heterocycles. The lowest BCUT2D eigenvalue weighted by Gasteiger charge is -2.31. The highest BCUT2D eigenvalue weighted by Crippen LogP contribution is 2.31. The van der Waals surface area contributed by atoms with Crippen molar-refractivity contribution < 1.29 is 18.3 Å². The summed E-state index contributed by atoms with van der Waals surface area (Å²) in [5.74, 6) is -0.830. The summed E-state index contributed by atoms with van der Waals surface area (Å²) in [6.07, 6.45) is 0.930. The first kappa shape index (κ1) is 19.9. The number of halogens is 2. The summed E-state index contributed by atoms with van der Waals surface area (Å²) in [7, 11) is -3.54. The molecule has 0 bridgehead atoms. The Bertz CT molecular complexity index is 943. The number of amides is 1. The average molecular weight is 429 g/mol. The number of piperidine rings is 1. The number of hydrogen-bond donors (Lipinski definition) is 2. The van der Waals surface area contributed by atoms with E-state index in [9.17, 15) is 18.3 Å². The van der Waals surface area contributed by atoms with Gasteiger partial charge < -0.3 is 10.4 Å². The van der Waals surface area contributed by atoms with Gasteiger partial charge in [0.15, 0.2) is 0 Å². The van der Waals surface area contributed by atoms with Gasteiger partial charge in [0.1, 0.15) is 5.75 Å². The van der Waals surface area contributed by atoms with Crippen LogP contribution in [0.5, 0.6) is 5.75 Å². The Morgan fingerprint density at radius 1 is 1.11 bits per heavy atom. The lowest BCUT2D eigenvalue weighted by molar-refractivity contribution is 0.0921. The maximum Gasteiger partial charge on any atom is 0.255 e. The molecule has 2 N–H and O–H groups in total. The molecule has 1 heterocycles. The quantitative estimate of drug-likeness (QED) is 0.781. The van der Waals surface area contributed by atoms with Crippen molar-refractivity contribution in [3.8, 4) is 5.75 Å². The molecule has 0 aliphatic carbocycles. The van der Waals surface area contributed by atoms with Gasteiger partial charge >= 0.3 is 0 Å². The lowest BCUT2D eigenvalue weighted by Crippen LogP contribution is -2.46. The number of phenolic OH excluding ortho intramolecular Hbond substituents is 1. The number of phenols is 1. The van der Waals surface area contributed by atoms with Gasteiger partial charge in [-0.15, -0.1) is 0 Å². The molecule has 1 fully saturated rings. The molecule has 0 aromatic heterocycles. The molecule has 0 radical (unpaired) electrons. The second-order valence-corrected chi connectivity index (χ2v) is 9.03. The van der Waals surface area contributed by atoms with Crippen molar-refractivity contribution in [2.75, 3.05) is 13.1 Å². The van der Waals surface area contributed by atoms with Crippen molar-refractivity contribution in [3.63, 3.8) is 0 Å². The Hall–Kier alpha value is -1.80. The van der Waals surface area contributed by atoms with Crippen LogP contribution >= 0.6 is 23.2 Å². The fourth-order valence-electron chi connectivity index (χ4n) is 2.98. The SMILES string of the molecule is O=C(NC1CCN(S(=O)(=O)c2ccccc2)CC1)c1cc(Cl)cc(Cl)c1O. The molecule has 0 atom stereocenters. The number of sulfonamides is 1. The molecule has 0 spiro atoms. The van der Waals surface area contributed by atoms with Gasteiger partial charge in [-0.3, -0.25) is 4.79 Å².